The van der Waals surface area contributed by atoms with E-state index in [1.54, 1.807) is 11.7 Å². The number of nitrogens with zero attached hydrogens (tertiary/aromatic N) is 2. The molecule has 0 aliphatic carbocycles. The molecule has 2 aromatic rings. The van der Waals surface area contributed by atoms with E-state index in [9.17, 15) is 13.6 Å². The van der Waals surface area contributed by atoms with Crippen molar-refractivity contribution < 1.29 is 23.0 Å². The van der Waals surface area contributed by atoms with Gasteiger partial charge in [0.1, 0.15) is 0 Å². The lowest BCUT2D eigenvalue weighted by molar-refractivity contribution is -0.0512. The van der Waals surface area contributed by atoms with Crippen LogP contribution >= 0.6 is 0 Å². The molecule has 1 amide bonds. The molecule has 0 unspecified atom stereocenters. The molecular weight excluding hydrogens is 296 g/mol. The molecule has 2 rings (SSSR count). The number of rotatable bonds is 5. The number of hydrogen-bond donors (Lipinski definition) is 1. The van der Waals surface area contributed by atoms with Gasteiger partial charge < -0.3 is 14.8 Å². The lowest BCUT2D eigenvalue weighted by Crippen LogP contribution is -2.13. The molecule has 1 heterocycles. The maximum Gasteiger partial charge on any atom is 0.387 e. The number of ether oxygens (including phenoxy) is 2. The van der Waals surface area contributed by atoms with Gasteiger partial charge in [-0.15, -0.1) is 0 Å². The van der Waals surface area contributed by atoms with E-state index in [2.05, 4.69) is 15.2 Å². The molecule has 0 saturated carbocycles. The Bertz CT molecular complexity index is 686. The van der Waals surface area contributed by atoms with Crippen LogP contribution in [0.25, 0.3) is 0 Å². The topological polar surface area (TPSA) is 65.4 Å². The van der Waals surface area contributed by atoms with E-state index in [1.165, 1.54) is 31.5 Å². The molecule has 0 atom stereocenters. The van der Waals surface area contributed by atoms with Gasteiger partial charge in [-0.05, 0) is 25.1 Å². The number of aromatic nitrogens is 2. The third kappa shape index (κ3) is 3.33. The highest BCUT2D eigenvalue weighted by Crippen LogP contribution is 2.29. The second-order valence-corrected chi connectivity index (χ2v) is 4.47. The highest BCUT2D eigenvalue weighted by molar-refractivity contribution is 6.04. The average Bonchev–Trinajstić information content (AvgIpc) is 2.79. The average molecular weight is 311 g/mol. The fraction of sp³-hybridized carbons (Fsp3) is 0.286. The van der Waals surface area contributed by atoms with E-state index >= 15 is 0 Å². The molecule has 8 heteroatoms. The molecule has 0 radical (unpaired) electrons. The zero-order valence-electron chi connectivity index (χ0n) is 12.3. The van der Waals surface area contributed by atoms with Gasteiger partial charge in [-0.1, -0.05) is 0 Å². The van der Waals surface area contributed by atoms with Crippen molar-refractivity contribution in [1.82, 2.24) is 9.78 Å². The van der Waals surface area contributed by atoms with Gasteiger partial charge in [-0.25, -0.2) is 0 Å². The normalized spacial score (nSPS) is 10.6. The first-order valence-electron chi connectivity index (χ1n) is 6.35. The summed E-state index contributed by atoms with van der Waals surface area (Å²) in [6, 6.07) is 3.97. The van der Waals surface area contributed by atoms with E-state index in [0.29, 0.717) is 5.69 Å². The molecule has 0 saturated heterocycles. The van der Waals surface area contributed by atoms with Crippen LogP contribution < -0.4 is 14.8 Å². The number of methoxy groups -OCH3 is 1. The molecule has 0 spiro atoms. The summed E-state index contributed by atoms with van der Waals surface area (Å²) in [5, 5.41) is 6.71. The first-order chi connectivity index (χ1) is 10.4. The molecule has 118 valence electrons. The molecule has 0 fully saturated rings. The van der Waals surface area contributed by atoms with E-state index in [0.717, 1.165) is 5.69 Å². The third-order valence-corrected chi connectivity index (χ3v) is 3.13. The Kier molecular flexibility index (Phi) is 4.59. The number of carbonyl (C=O) groups is 1. The molecule has 0 aliphatic heterocycles. The fourth-order valence-corrected chi connectivity index (χ4v) is 1.82. The Hall–Kier alpha value is -2.64. The summed E-state index contributed by atoms with van der Waals surface area (Å²) < 4.78 is 35.4. The Morgan fingerprint density at radius 2 is 2.09 bits per heavy atom. The van der Waals surface area contributed by atoms with Crippen molar-refractivity contribution in [2.75, 3.05) is 12.4 Å². The first kappa shape index (κ1) is 15.7. The van der Waals surface area contributed by atoms with Crippen LogP contribution in [0.15, 0.2) is 24.4 Å². The van der Waals surface area contributed by atoms with Crippen LogP contribution in [-0.2, 0) is 7.05 Å². The molecule has 22 heavy (non-hydrogen) atoms. The summed E-state index contributed by atoms with van der Waals surface area (Å²) in [4.78, 5) is 12.2. The minimum Gasteiger partial charge on any atom is -0.493 e. The first-order valence-corrected chi connectivity index (χ1v) is 6.35. The zero-order chi connectivity index (χ0) is 16.3. The SMILES string of the molecule is COc1cc(C(=O)Nc2cnn(C)c2C)ccc1OC(F)F. The molecule has 0 bridgehead atoms. The second kappa shape index (κ2) is 6.42. The van der Waals surface area contributed by atoms with Gasteiger partial charge >= 0.3 is 6.61 Å². The van der Waals surface area contributed by atoms with Crippen LogP contribution in [0.2, 0.25) is 0 Å². The van der Waals surface area contributed by atoms with Crippen LogP contribution in [0.4, 0.5) is 14.5 Å². The van der Waals surface area contributed by atoms with Gasteiger partial charge in [0.05, 0.1) is 24.7 Å². The Labute approximate surface area is 125 Å². The van der Waals surface area contributed by atoms with Crippen LogP contribution in [-0.4, -0.2) is 29.4 Å². The summed E-state index contributed by atoms with van der Waals surface area (Å²) >= 11 is 0. The van der Waals surface area contributed by atoms with E-state index in [4.69, 9.17) is 4.74 Å². The van der Waals surface area contributed by atoms with Crippen molar-refractivity contribution >= 4 is 11.6 Å². The van der Waals surface area contributed by atoms with Crippen molar-refractivity contribution in [3.05, 3.63) is 35.7 Å². The van der Waals surface area contributed by atoms with Crippen molar-refractivity contribution in [2.45, 2.75) is 13.5 Å². The molecule has 6 nitrogen and oxygen atoms in total. The number of carbonyl (C=O) groups excluding carboxylic acids is 1. The van der Waals surface area contributed by atoms with Crippen LogP contribution in [0, 0.1) is 6.92 Å². The quantitative estimate of drug-likeness (QED) is 0.922. The summed E-state index contributed by atoms with van der Waals surface area (Å²) in [5.41, 5.74) is 1.61. The highest BCUT2D eigenvalue weighted by atomic mass is 19.3. The van der Waals surface area contributed by atoms with E-state index < -0.39 is 12.5 Å². The minimum absolute atomic E-state index is 0.0517. The van der Waals surface area contributed by atoms with E-state index in [1.807, 2.05) is 6.92 Å². The maximum absolute atomic E-state index is 12.3. The van der Waals surface area contributed by atoms with Crippen LogP contribution in [0.3, 0.4) is 0 Å². The van der Waals surface area contributed by atoms with Gasteiger partial charge in [0, 0.05) is 12.6 Å². The number of hydrogen-bond acceptors (Lipinski definition) is 4. The summed E-state index contributed by atoms with van der Waals surface area (Å²) in [6.07, 6.45) is 1.53. The maximum atomic E-state index is 12.3. The highest BCUT2D eigenvalue weighted by Gasteiger charge is 2.15. The van der Waals surface area contributed by atoms with Crippen molar-refractivity contribution in [2.24, 2.45) is 7.05 Å². The van der Waals surface area contributed by atoms with Crippen molar-refractivity contribution in [3.8, 4) is 11.5 Å². The molecule has 1 aromatic heterocycles. The van der Waals surface area contributed by atoms with Gasteiger partial charge in [0.2, 0.25) is 0 Å². The van der Waals surface area contributed by atoms with Gasteiger partial charge in [0.25, 0.3) is 5.91 Å². The standard InChI is InChI=1S/C14H15F2N3O3/c1-8-10(7-17-19(8)2)18-13(20)9-4-5-11(22-14(15)16)12(6-9)21-3/h4-7,14H,1-3H3,(H,18,20). The predicted octanol–water partition coefficient (Wildman–Crippen LogP) is 2.59. The number of benzene rings is 1. The summed E-state index contributed by atoms with van der Waals surface area (Å²) in [5.74, 6) is -0.486. The Morgan fingerprint density at radius 1 is 1.36 bits per heavy atom. The van der Waals surface area contributed by atoms with Crippen molar-refractivity contribution in [3.63, 3.8) is 0 Å². The fourth-order valence-electron chi connectivity index (χ4n) is 1.82. The number of anilines is 1. The number of amides is 1. The van der Waals surface area contributed by atoms with Crippen molar-refractivity contribution in [1.29, 1.82) is 0 Å². The van der Waals surface area contributed by atoms with Gasteiger partial charge in [-0.2, -0.15) is 13.9 Å². The van der Waals surface area contributed by atoms with Gasteiger partial charge in [0.15, 0.2) is 11.5 Å². The Morgan fingerprint density at radius 3 is 2.64 bits per heavy atom. The Balaban J connectivity index is 2.21. The smallest absolute Gasteiger partial charge is 0.387 e. The third-order valence-electron chi connectivity index (χ3n) is 3.13. The lowest BCUT2D eigenvalue weighted by Gasteiger charge is -2.11. The predicted molar refractivity (Wildman–Crippen MR) is 75.5 cm³/mol. The number of aryl methyl sites for hydroxylation is 1. The second-order valence-electron chi connectivity index (χ2n) is 4.47. The van der Waals surface area contributed by atoms with Gasteiger partial charge in [-0.3, -0.25) is 9.48 Å². The zero-order valence-corrected chi connectivity index (χ0v) is 12.3. The largest absolute Gasteiger partial charge is 0.493 e. The number of alkyl halides is 2. The minimum atomic E-state index is -2.97. The van der Waals surface area contributed by atoms with Crippen LogP contribution in [0.1, 0.15) is 16.1 Å². The molecule has 1 aromatic carbocycles. The summed E-state index contributed by atoms with van der Waals surface area (Å²) in [7, 11) is 3.06. The summed E-state index contributed by atoms with van der Waals surface area (Å²) in [6.45, 7) is -1.16. The van der Waals surface area contributed by atoms with E-state index in [-0.39, 0.29) is 17.1 Å². The molecule has 0 aliphatic rings. The lowest BCUT2D eigenvalue weighted by atomic mass is 10.2. The monoisotopic (exact) mass is 311 g/mol. The molecule has 1 N–H and O–H groups in total. The number of halogens is 2. The molecular formula is C14H15F2N3O3. The van der Waals surface area contributed by atoms with Crippen LogP contribution in [0.5, 0.6) is 11.5 Å². The number of nitrogens with one attached hydrogen (secondary N) is 1.